The molecule has 0 saturated carbocycles. The lowest BCUT2D eigenvalue weighted by Gasteiger charge is -2.10. The summed E-state index contributed by atoms with van der Waals surface area (Å²) in [6, 6.07) is 12.7. The van der Waals surface area contributed by atoms with Crippen LogP contribution in [0.5, 0.6) is 5.75 Å². The molecule has 0 saturated heterocycles. The van der Waals surface area contributed by atoms with Gasteiger partial charge in [-0.15, -0.1) is 0 Å². The molecule has 3 nitrogen and oxygen atoms in total. The smallest absolute Gasteiger partial charge is 0.310 e. The Kier molecular flexibility index (Phi) is 3.56. The van der Waals surface area contributed by atoms with E-state index in [0.29, 0.717) is 0 Å². The van der Waals surface area contributed by atoms with E-state index in [-0.39, 0.29) is 5.75 Å². The predicted molar refractivity (Wildman–Crippen MR) is 74.3 cm³/mol. The minimum Gasteiger partial charge on any atom is -0.508 e. The first-order valence-electron chi connectivity index (χ1n) is 6.12. The topological polar surface area (TPSA) is 57.5 Å². The lowest BCUT2D eigenvalue weighted by atomic mass is 9.96. The molecular weight excluding hydrogens is 240 g/mol. The average Bonchev–Trinajstić information content (AvgIpc) is 2.38. The molecule has 98 valence electrons. The van der Waals surface area contributed by atoms with Gasteiger partial charge in [-0.2, -0.15) is 0 Å². The largest absolute Gasteiger partial charge is 0.508 e. The molecule has 0 amide bonds. The Labute approximate surface area is 112 Å². The lowest BCUT2D eigenvalue weighted by Crippen LogP contribution is -2.06. The van der Waals surface area contributed by atoms with Crippen LogP contribution in [0, 0.1) is 6.92 Å². The normalized spacial score (nSPS) is 12.1. The highest BCUT2D eigenvalue weighted by molar-refractivity contribution is 5.76. The van der Waals surface area contributed by atoms with Crippen LogP contribution < -0.4 is 0 Å². The quantitative estimate of drug-likeness (QED) is 0.882. The van der Waals surface area contributed by atoms with Gasteiger partial charge in [-0.25, -0.2) is 0 Å². The van der Waals surface area contributed by atoms with Crippen molar-refractivity contribution in [1.82, 2.24) is 0 Å². The molecule has 0 aliphatic carbocycles. The Morgan fingerprint density at radius 2 is 1.74 bits per heavy atom. The molecule has 0 fully saturated rings. The number of carbonyl (C=O) groups is 1. The van der Waals surface area contributed by atoms with Gasteiger partial charge in [0, 0.05) is 0 Å². The van der Waals surface area contributed by atoms with E-state index in [1.807, 2.05) is 37.3 Å². The average molecular weight is 256 g/mol. The minimum absolute atomic E-state index is 0.248. The Morgan fingerprint density at radius 3 is 2.26 bits per heavy atom. The van der Waals surface area contributed by atoms with Crippen molar-refractivity contribution >= 4 is 5.97 Å². The van der Waals surface area contributed by atoms with Crippen molar-refractivity contribution in [2.45, 2.75) is 19.8 Å². The molecular formula is C16H16O3. The van der Waals surface area contributed by atoms with Crippen molar-refractivity contribution in [2.75, 3.05) is 0 Å². The van der Waals surface area contributed by atoms with E-state index in [4.69, 9.17) is 5.11 Å². The molecule has 2 N–H and O–H groups in total. The molecule has 2 aromatic carbocycles. The molecule has 0 spiro atoms. The fourth-order valence-electron chi connectivity index (χ4n) is 2.07. The predicted octanol–water partition coefficient (Wildman–Crippen LogP) is 3.56. The van der Waals surface area contributed by atoms with Crippen LogP contribution in [-0.2, 0) is 4.79 Å². The van der Waals surface area contributed by atoms with Gasteiger partial charge in [0.1, 0.15) is 5.75 Å². The van der Waals surface area contributed by atoms with Crippen LogP contribution in [0.1, 0.15) is 24.0 Å². The van der Waals surface area contributed by atoms with Gasteiger partial charge < -0.3 is 10.2 Å². The van der Waals surface area contributed by atoms with E-state index in [0.717, 1.165) is 22.3 Å². The standard InChI is InChI=1S/C16H16O3/c1-10-9-14(17)7-8-15(10)13-5-3-12(4-6-13)11(2)16(18)19/h3-9,11,17H,1-2H3,(H,18,19). The molecule has 19 heavy (non-hydrogen) atoms. The van der Waals surface area contributed by atoms with Crippen LogP contribution in [-0.4, -0.2) is 16.2 Å². The fraction of sp³-hybridized carbons (Fsp3) is 0.188. The number of hydrogen-bond donors (Lipinski definition) is 2. The molecule has 3 heteroatoms. The van der Waals surface area contributed by atoms with Crippen molar-refractivity contribution < 1.29 is 15.0 Å². The third kappa shape index (κ3) is 2.76. The maximum absolute atomic E-state index is 10.9. The summed E-state index contributed by atoms with van der Waals surface area (Å²) in [5.41, 5.74) is 3.82. The Morgan fingerprint density at radius 1 is 1.11 bits per heavy atom. The van der Waals surface area contributed by atoms with E-state index in [1.54, 1.807) is 19.1 Å². The van der Waals surface area contributed by atoms with E-state index < -0.39 is 11.9 Å². The second-order valence-electron chi connectivity index (χ2n) is 4.68. The third-order valence-corrected chi connectivity index (χ3v) is 3.30. The highest BCUT2D eigenvalue weighted by Gasteiger charge is 2.13. The monoisotopic (exact) mass is 256 g/mol. The second-order valence-corrected chi connectivity index (χ2v) is 4.68. The number of aromatic hydroxyl groups is 1. The molecule has 0 radical (unpaired) electrons. The molecule has 0 heterocycles. The molecule has 2 aromatic rings. The lowest BCUT2D eigenvalue weighted by molar-refractivity contribution is -0.138. The zero-order chi connectivity index (χ0) is 14.0. The SMILES string of the molecule is Cc1cc(O)ccc1-c1ccc(C(C)C(=O)O)cc1. The summed E-state index contributed by atoms with van der Waals surface area (Å²) in [6.07, 6.45) is 0. The van der Waals surface area contributed by atoms with E-state index in [1.165, 1.54) is 0 Å². The fourth-order valence-corrected chi connectivity index (χ4v) is 2.07. The van der Waals surface area contributed by atoms with Crippen LogP contribution >= 0.6 is 0 Å². The molecule has 1 atom stereocenters. The number of rotatable bonds is 3. The Balaban J connectivity index is 2.35. The first kappa shape index (κ1) is 13.1. The molecule has 0 aromatic heterocycles. The number of carboxylic acid groups (broad SMARTS) is 1. The number of aryl methyl sites for hydroxylation is 1. The van der Waals surface area contributed by atoms with E-state index >= 15 is 0 Å². The van der Waals surface area contributed by atoms with Crippen LogP contribution in [0.4, 0.5) is 0 Å². The van der Waals surface area contributed by atoms with Crippen LogP contribution in [0.25, 0.3) is 11.1 Å². The van der Waals surface area contributed by atoms with Gasteiger partial charge in [0.2, 0.25) is 0 Å². The highest BCUT2D eigenvalue weighted by Crippen LogP contribution is 2.27. The van der Waals surface area contributed by atoms with Crippen molar-refractivity contribution in [3.63, 3.8) is 0 Å². The highest BCUT2D eigenvalue weighted by atomic mass is 16.4. The van der Waals surface area contributed by atoms with Crippen molar-refractivity contribution in [3.05, 3.63) is 53.6 Å². The first-order chi connectivity index (χ1) is 8.99. The first-order valence-corrected chi connectivity index (χ1v) is 6.12. The number of aliphatic carboxylic acids is 1. The maximum atomic E-state index is 10.9. The summed E-state index contributed by atoms with van der Waals surface area (Å²) >= 11 is 0. The van der Waals surface area contributed by atoms with E-state index in [2.05, 4.69) is 0 Å². The second kappa shape index (κ2) is 5.14. The van der Waals surface area contributed by atoms with Gasteiger partial charge in [0.25, 0.3) is 0 Å². The van der Waals surface area contributed by atoms with Gasteiger partial charge >= 0.3 is 5.97 Å². The van der Waals surface area contributed by atoms with Crippen LogP contribution in [0.15, 0.2) is 42.5 Å². The van der Waals surface area contributed by atoms with E-state index in [9.17, 15) is 9.90 Å². The Hall–Kier alpha value is -2.29. The van der Waals surface area contributed by atoms with Gasteiger partial charge in [0.05, 0.1) is 5.92 Å². The summed E-state index contributed by atoms with van der Waals surface area (Å²) in [7, 11) is 0. The summed E-state index contributed by atoms with van der Waals surface area (Å²) < 4.78 is 0. The van der Waals surface area contributed by atoms with Gasteiger partial charge in [-0.1, -0.05) is 30.3 Å². The molecule has 0 aliphatic rings. The third-order valence-electron chi connectivity index (χ3n) is 3.30. The maximum Gasteiger partial charge on any atom is 0.310 e. The van der Waals surface area contributed by atoms with Crippen LogP contribution in [0.3, 0.4) is 0 Å². The molecule has 0 bridgehead atoms. The number of hydrogen-bond acceptors (Lipinski definition) is 2. The van der Waals surface area contributed by atoms with Gasteiger partial charge in [-0.3, -0.25) is 4.79 Å². The molecule has 1 unspecified atom stereocenters. The number of phenols is 1. The summed E-state index contributed by atoms with van der Waals surface area (Å²) in [6.45, 7) is 3.60. The van der Waals surface area contributed by atoms with Crippen molar-refractivity contribution in [3.8, 4) is 16.9 Å². The molecule has 2 rings (SSSR count). The zero-order valence-electron chi connectivity index (χ0n) is 10.9. The Bertz CT molecular complexity index is 600. The molecule has 0 aliphatic heterocycles. The van der Waals surface area contributed by atoms with Crippen molar-refractivity contribution in [1.29, 1.82) is 0 Å². The number of carboxylic acids is 1. The minimum atomic E-state index is -0.825. The van der Waals surface area contributed by atoms with Crippen LogP contribution in [0.2, 0.25) is 0 Å². The summed E-state index contributed by atoms with van der Waals surface area (Å²) in [4.78, 5) is 10.9. The van der Waals surface area contributed by atoms with Crippen molar-refractivity contribution in [2.24, 2.45) is 0 Å². The summed E-state index contributed by atoms with van der Waals surface area (Å²) in [5, 5.41) is 18.4. The number of benzene rings is 2. The van der Waals surface area contributed by atoms with Gasteiger partial charge in [0.15, 0.2) is 0 Å². The zero-order valence-corrected chi connectivity index (χ0v) is 10.9. The number of phenolic OH excluding ortho intramolecular Hbond substituents is 1. The van der Waals surface area contributed by atoms with Gasteiger partial charge in [-0.05, 0) is 48.2 Å². The summed E-state index contributed by atoms with van der Waals surface area (Å²) in [5.74, 6) is -1.08.